The summed E-state index contributed by atoms with van der Waals surface area (Å²) in [4.78, 5) is 16.9. The van der Waals surface area contributed by atoms with Crippen LogP contribution in [0.3, 0.4) is 0 Å². The van der Waals surface area contributed by atoms with E-state index >= 15 is 0 Å². The molecule has 0 saturated heterocycles. The number of hydrogen-bond acceptors (Lipinski definition) is 5. The molecule has 4 heterocycles. The molecule has 0 N–H and O–H groups in total. The van der Waals surface area contributed by atoms with Gasteiger partial charge in [0.15, 0.2) is 5.82 Å². The van der Waals surface area contributed by atoms with E-state index < -0.39 is 0 Å². The number of rotatable bonds is 3. The van der Waals surface area contributed by atoms with Crippen molar-refractivity contribution >= 4 is 45.9 Å². The first-order valence-electron chi connectivity index (χ1n) is 17.2. The normalized spacial score (nSPS) is 12.7. The number of pyridine rings is 1. The van der Waals surface area contributed by atoms with E-state index in [9.17, 15) is 0 Å². The van der Waals surface area contributed by atoms with Crippen LogP contribution in [0, 0.1) is 0 Å². The van der Waals surface area contributed by atoms with E-state index in [-0.39, 0.29) is 0 Å². The van der Waals surface area contributed by atoms with Crippen molar-refractivity contribution in [1.82, 2.24) is 15.0 Å². The molecule has 0 fully saturated rings. The molecule has 52 heavy (non-hydrogen) atoms. The monoisotopic (exact) mass is 683 g/mol. The Morgan fingerprint density at radius 1 is 0.442 bits per heavy atom. The van der Waals surface area contributed by atoms with E-state index in [1.54, 1.807) is 18.0 Å². The van der Waals surface area contributed by atoms with Crippen LogP contribution in [-0.4, -0.2) is 15.0 Å². The molecule has 0 atom stereocenters. The number of para-hydroxylation sites is 1. The third-order valence-corrected chi connectivity index (χ3v) is 10.8. The zero-order chi connectivity index (χ0) is 34.4. The van der Waals surface area contributed by atoms with Crippen LogP contribution in [0.1, 0.15) is 11.1 Å². The highest BCUT2D eigenvalue weighted by Crippen LogP contribution is 2.46. The fourth-order valence-corrected chi connectivity index (χ4v) is 8.21. The van der Waals surface area contributed by atoms with E-state index in [4.69, 9.17) is 14.4 Å². The predicted molar refractivity (Wildman–Crippen MR) is 214 cm³/mol. The fourth-order valence-electron chi connectivity index (χ4n) is 7.08. The average molecular weight is 684 g/mol. The smallest absolute Gasteiger partial charge is 0.160 e. The van der Waals surface area contributed by atoms with E-state index in [2.05, 4.69) is 126 Å². The highest BCUT2D eigenvalue weighted by molar-refractivity contribution is 7.99. The fraction of sp³-hybridized carbons (Fsp3) is 0. The van der Waals surface area contributed by atoms with Crippen LogP contribution in [0.4, 0.5) is 0 Å². The van der Waals surface area contributed by atoms with Crippen molar-refractivity contribution in [2.45, 2.75) is 9.79 Å². The van der Waals surface area contributed by atoms with Gasteiger partial charge in [0, 0.05) is 49.6 Å². The van der Waals surface area contributed by atoms with Crippen LogP contribution in [0.2, 0.25) is 0 Å². The first kappa shape index (κ1) is 30.3. The molecule has 1 aliphatic rings. The number of benzene rings is 6. The Morgan fingerprint density at radius 3 is 2.04 bits per heavy atom. The lowest BCUT2D eigenvalue weighted by Crippen LogP contribution is -1.97. The number of fused-ring (bicyclic) bond motifs is 9. The van der Waals surface area contributed by atoms with Crippen molar-refractivity contribution in [2.75, 3.05) is 0 Å². The van der Waals surface area contributed by atoms with Gasteiger partial charge in [0.05, 0.1) is 11.4 Å². The minimum absolute atomic E-state index is 0.668. The summed E-state index contributed by atoms with van der Waals surface area (Å²) in [6.07, 6.45) is 8.10. The van der Waals surface area contributed by atoms with Gasteiger partial charge >= 0.3 is 0 Å². The molecule has 0 unspecified atom stereocenters. The van der Waals surface area contributed by atoms with Crippen LogP contribution in [-0.2, 0) is 0 Å². The molecule has 10 rings (SSSR count). The third kappa shape index (κ3) is 5.39. The molecule has 0 amide bonds. The van der Waals surface area contributed by atoms with Gasteiger partial charge in [0.2, 0.25) is 0 Å². The molecular formula is C47H29N3OS. The average Bonchev–Trinajstić information content (AvgIpc) is 3.57. The summed E-state index contributed by atoms with van der Waals surface area (Å²) in [6, 6.07) is 53.0. The Labute approximate surface area is 305 Å². The minimum Gasteiger partial charge on any atom is -0.456 e. The number of aromatic nitrogens is 3. The van der Waals surface area contributed by atoms with Gasteiger partial charge in [0.1, 0.15) is 11.2 Å². The summed E-state index contributed by atoms with van der Waals surface area (Å²) >= 11 is 1.80. The first-order chi connectivity index (χ1) is 25.7. The van der Waals surface area contributed by atoms with Crippen LogP contribution < -0.4 is 0 Å². The molecule has 0 bridgehead atoms. The van der Waals surface area contributed by atoms with Gasteiger partial charge < -0.3 is 4.42 Å². The Hall–Kier alpha value is -6.56. The van der Waals surface area contributed by atoms with Crippen molar-refractivity contribution in [3.05, 3.63) is 175 Å². The van der Waals surface area contributed by atoms with Gasteiger partial charge in [-0.1, -0.05) is 127 Å². The number of hydrogen-bond donors (Lipinski definition) is 0. The first-order valence-corrected chi connectivity index (χ1v) is 18.1. The van der Waals surface area contributed by atoms with Crippen LogP contribution in [0.15, 0.2) is 178 Å². The molecule has 4 nitrogen and oxygen atoms in total. The van der Waals surface area contributed by atoms with Crippen LogP contribution in [0.25, 0.3) is 90.2 Å². The van der Waals surface area contributed by atoms with Gasteiger partial charge in [0.25, 0.3) is 0 Å². The third-order valence-electron chi connectivity index (χ3n) is 9.63. The molecule has 3 aromatic heterocycles. The maximum atomic E-state index is 6.50. The lowest BCUT2D eigenvalue weighted by molar-refractivity contribution is 0.669. The van der Waals surface area contributed by atoms with Crippen molar-refractivity contribution < 1.29 is 4.42 Å². The zero-order valence-electron chi connectivity index (χ0n) is 27.9. The summed E-state index contributed by atoms with van der Waals surface area (Å²) < 4.78 is 6.50. The van der Waals surface area contributed by atoms with Crippen molar-refractivity contribution in [3.8, 4) is 56.2 Å². The summed E-state index contributed by atoms with van der Waals surface area (Å²) in [6.45, 7) is 0. The SMILES string of the molecule is C1=C\c2ccc(-c3cc(-c4cccnc4)nc(-c4ccccc4)n3)cc2-c2cc3oc4ccccc4c3cc2Sc2ccccc2-c2ccccc2/1. The molecule has 1 aliphatic heterocycles. The standard InChI is InChI=1S/C47H29N3OS/c1-2-12-32(13-3-1)47-49-41(28-42(50-47)34-14-10-24-48-29-34)33-23-22-31-21-20-30-11-4-5-15-35(30)37-17-7-9-19-45(37)52-46-27-39-36-16-6-8-18-43(36)51-44(39)26-40(46)38(31)25-33/h1-29H/b21-20-. The van der Waals surface area contributed by atoms with Gasteiger partial charge in [-0.3, -0.25) is 4.98 Å². The molecule has 0 radical (unpaired) electrons. The second-order valence-electron chi connectivity index (χ2n) is 12.8. The van der Waals surface area contributed by atoms with E-state index in [1.807, 2.05) is 48.7 Å². The van der Waals surface area contributed by atoms with Crippen molar-refractivity contribution in [1.29, 1.82) is 0 Å². The maximum absolute atomic E-state index is 6.50. The van der Waals surface area contributed by atoms with E-state index in [0.717, 1.165) is 71.6 Å². The number of furan rings is 1. The van der Waals surface area contributed by atoms with Gasteiger partial charge in [-0.25, -0.2) is 9.97 Å². The van der Waals surface area contributed by atoms with Crippen LogP contribution in [0.5, 0.6) is 0 Å². The lowest BCUT2D eigenvalue weighted by Gasteiger charge is -2.16. The molecule has 244 valence electrons. The summed E-state index contributed by atoms with van der Waals surface area (Å²) in [5.74, 6) is 0.668. The van der Waals surface area contributed by atoms with Gasteiger partial charge in [-0.2, -0.15) is 0 Å². The highest BCUT2D eigenvalue weighted by Gasteiger charge is 2.20. The van der Waals surface area contributed by atoms with E-state index in [1.165, 1.54) is 21.6 Å². The largest absolute Gasteiger partial charge is 0.456 e. The molecular weight excluding hydrogens is 655 g/mol. The molecule has 6 aromatic carbocycles. The second kappa shape index (κ2) is 12.6. The van der Waals surface area contributed by atoms with Gasteiger partial charge in [-0.15, -0.1) is 0 Å². The molecule has 0 aliphatic carbocycles. The molecule has 9 aromatic rings. The van der Waals surface area contributed by atoms with Crippen molar-refractivity contribution in [2.24, 2.45) is 0 Å². The summed E-state index contributed by atoms with van der Waals surface area (Å²) in [5.41, 5.74) is 13.2. The van der Waals surface area contributed by atoms with E-state index in [0.29, 0.717) is 5.82 Å². The quantitative estimate of drug-likeness (QED) is 0.185. The Morgan fingerprint density at radius 2 is 1.17 bits per heavy atom. The zero-order valence-corrected chi connectivity index (χ0v) is 28.7. The molecule has 0 spiro atoms. The highest BCUT2D eigenvalue weighted by atomic mass is 32.2. The maximum Gasteiger partial charge on any atom is 0.160 e. The second-order valence-corrected chi connectivity index (χ2v) is 13.9. The molecule has 5 heteroatoms. The Kier molecular flexibility index (Phi) is 7.36. The summed E-state index contributed by atoms with van der Waals surface area (Å²) in [7, 11) is 0. The number of nitrogens with zero attached hydrogens (tertiary/aromatic N) is 3. The topological polar surface area (TPSA) is 51.8 Å². The lowest BCUT2D eigenvalue weighted by atomic mass is 9.93. The van der Waals surface area contributed by atoms with Crippen LogP contribution >= 0.6 is 11.8 Å². The van der Waals surface area contributed by atoms with Crippen molar-refractivity contribution in [3.63, 3.8) is 0 Å². The minimum atomic E-state index is 0.668. The summed E-state index contributed by atoms with van der Waals surface area (Å²) in [5, 5.41) is 2.22. The molecule has 0 saturated carbocycles. The Bertz CT molecular complexity index is 2770. The van der Waals surface area contributed by atoms with Gasteiger partial charge in [-0.05, 0) is 81.9 Å². The Balaban J connectivity index is 1.24. The predicted octanol–water partition coefficient (Wildman–Crippen LogP) is 12.7.